The van der Waals surface area contributed by atoms with E-state index < -0.39 is 0 Å². The van der Waals surface area contributed by atoms with Crippen molar-refractivity contribution in [2.45, 2.75) is 18.1 Å². The number of rotatable bonds is 5. The predicted molar refractivity (Wildman–Crippen MR) is 72.4 cm³/mol. The lowest BCUT2D eigenvalue weighted by atomic mass is 10.3. The van der Waals surface area contributed by atoms with E-state index in [2.05, 4.69) is 10.3 Å². The van der Waals surface area contributed by atoms with Gasteiger partial charge in [-0.05, 0) is 24.6 Å². The van der Waals surface area contributed by atoms with Crippen LogP contribution in [0.1, 0.15) is 12.8 Å². The van der Waals surface area contributed by atoms with Crippen molar-refractivity contribution < 1.29 is 9.21 Å². The summed E-state index contributed by atoms with van der Waals surface area (Å²) in [5, 5.41) is 3.21. The van der Waals surface area contributed by atoms with Crippen LogP contribution in [0.3, 0.4) is 0 Å². The van der Waals surface area contributed by atoms with E-state index in [9.17, 15) is 4.79 Å². The highest BCUT2D eigenvalue weighted by molar-refractivity contribution is 7.99. The van der Waals surface area contributed by atoms with Crippen LogP contribution in [0.15, 0.2) is 27.8 Å². The Kier molecular flexibility index (Phi) is 4.09. The Morgan fingerprint density at radius 3 is 3.17 bits per heavy atom. The van der Waals surface area contributed by atoms with Gasteiger partial charge >= 0.3 is 0 Å². The first-order valence-corrected chi connectivity index (χ1v) is 6.67. The predicted octanol–water partition coefficient (Wildman–Crippen LogP) is 2.03. The zero-order chi connectivity index (χ0) is 13.0. The standard InChI is InChI=1S/C12H15N3O2S/c1-14-11(16)3-2-6-18-12-15-9-7-8(13)4-5-10(9)17-12/h4-5,7H,2-3,6,13H2,1H3,(H,14,16). The molecule has 0 atom stereocenters. The molecule has 2 aromatic rings. The molecule has 0 spiro atoms. The second-order valence-corrected chi connectivity index (χ2v) is 4.88. The van der Waals surface area contributed by atoms with Gasteiger partial charge in [-0.3, -0.25) is 4.79 Å². The van der Waals surface area contributed by atoms with E-state index in [1.807, 2.05) is 6.07 Å². The monoisotopic (exact) mass is 265 g/mol. The first-order valence-electron chi connectivity index (χ1n) is 5.68. The van der Waals surface area contributed by atoms with Gasteiger partial charge in [0, 0.05) is 24.9 Å². The summed E-state index contributed by atoms with van der Waals surface area (Å²) in [6, 6.07) is 5.38. The lowest BCUT2D eigenvalue weighted by Crippen LogP contribution is -2.17. The summed E-state index contributed by atoms with van der Waals surface area (Å²) in [5.74, 6) is 0.858. The summed E-state index contributed by atoms with van der Waals surface area (Å²) in [6.45, 7) is 0. The number of thioether (sulfide) groups is 1. The fraction of sp³-hybridized carbons (Fsp3) is 0.333. The third-order valence-electron chi connectivity index (χ3n) is 2.44. The van der Waals surface area contributed by atoms with E-state index in [4.69, 9.17) is 10.2 Å². The number of nitrogens with zero attached hydrogens (tertiary/aromatic N) is 1. The first-order chi connectivity index (χ1) is 8.69. The van der Waals surface area contributed by atoms with Crippen molar-refractivity contribution in [2.24, 2.45) is 0 Å². The average Bonchev–Trinajstić information content (AvgIpc) is 2.76. The Labute approximate surface area is 109 Å². The molecular formula is C12H15N3O2S. The number of amides is 1. The van der Waals surface area contributed by atoms with Crippen LogP contribution in [0.4, 0.5) is 5.69 Å². The van der Waals surface area contributed by atoms with Crippen molar-refractivity contribution in [1.82, 2.24) is 10.3 Å². The van der Waals surface area contributed by atoms with Crippen LogP contribution < -0.4 is 11.1 Å². The number of benzene rings is 1. The molecule has 0 aliphatic heterocycles. The number of hydrogen-bond donors (Lipinski definition) is 2. The van der Waals surface area contributed by atoms with Gasteiger partial charge in [-0.2, -0.15) is 0 Å². The highest BCUT2D eigenvalue weighted by Gasteiger charge is 2.06. The summed E-state index contributed by atoms with van der Waals surface area (Å²) < 4.78 is 5.55. The van der Waals surface area contributed by atoms with E-state index in [0.717, 1.165) is 23.3 Å². The molecule has 1 aromatic carbocycles. The fourth-order valence-corrected chi connectivity index (χ4v) is 2.28. The molecule has 0 fully saturated rings. The largest absolute Gasteiger partial charge is 0.431 e. The van der Waals surface area contributed by atoms with Crippen LogP contribution in [-0.2, 0) is 4.79 Å². The number of hydrogen-bond acceptors (Lipinski definition) is 5. The van der Waals surface area contributed by atoms with Gasteiger partial charge in [0.25, 0.3) is 5.22 Å². The smallest absolute Gasteiger partial charge is 0.256 e. The molecule has 0 aliphatic carbocycles. The number of nitrogen functional groups attached to an aromatic ring is 1. The maximum atomic E-state index is 11.0. The Bertz CT molecular complexity index is 553. The molecule has 3 N–H and O–H groups in total. The molecule has 0 unspecified atom stereocenters. The lowest BCUT2D eigenvalue weighted by molar-refractivity contribution is -0.120. The first kappa shape index (κ1) is 12.8. The summed E-state index contributed by atoms with van der Waals surface area (Å²) >= 11 is 1.51. The Morgan fingerprint density at radius 1 is 1.56 bits per heavy atom. The molecule has 18 heavy (non-hydrogen) atoms. The van der Waals surface area contributed by atoms with Crippen LogP contribution in [-0.4, -0.2) is 23.7 Å². The summed E-state index contributed by atoms with van der Waals surface area (Å²) in [5.41, 5.74) is 7.85. The number of nitrogens with one attached hydrogen (secondary N) is 1. The maximum absolute atomic E-state index is 11.0. The maximum Gasteiger partial charge on any atom is 0.256 e. The Hall–Kier alpha value is -1.69. The summed E-state index contributed by atoms with van der Waals surface area (Å²) in [6.07, 6.45) is 1.32. The fourth-order valence-electron chi connectivity index (χ4n) is 1.50. The van der Waals surface area contributed by atoms with Crippen LogP contribution in [0.2, 0.25) is 0 Å². The molecule has 0 bridgehead atoms. The molecule has 5 nitrogen and oxygen atoms in total. The molecule has 6 heteroatoms. The number of nitrogens with two attached hydrogens (primary N) is 1. The normalized spacial score (nSPS) is 10.7. The van der Waals surface area contributed by atoms with E-state index >= 15 is 0 Å². The van der Waals surface area contributed by atoms with E-state index in [1.165, 1.54) is 11.8 Å². The number of carbonyl (C=O) groups is 1. The van der Waals surface area contributed by atoms with Crippen molar-refractivity contribution in [3.63, 3.8) is 0 Å². The molecule has 1 heterocycles. The summed E-state index contributed by atoms with van der Waals surface area (Å²) in [7, 11) is 1.64. The van der Waals surface area contributed by atoms with Crippen molar-refractivity contribution in [3.05, 3.63) is 18.2 Å². The molecule has 1 amide bonds. The van der Waals surface area contributed by atoms with Gasteiger partial charge in [0.1, 0.15) is 5.52 Å². The molecular weight excluding hydrogens is 250 g/mol. The van der Waals surface area contributed by atoms with Gasteiger partial charge in [0.15, 0.2) is 5.58 Å². The zero-order valence-corrected chi connectivity index (χ0v) is 10.9. The quantitative estimate of drug-likeness (QED) is 0.491. The lowest BCUT2D eigenvalue weighted by Gasteiger charge is -1.97. The minimum absolute atomic E-state index is 0.0564. The molecule has 0 saturated heterocycles. The third-order valence-corrected chi connectivity index (χ3v) is 3.36. The second-order valence-electron chi connectivity index (χ2n) is 3.83. The molecule has 1 aromatic heterocycles. The van der Waals surface area contributed by atoms with Gasteiger partial charge in [0.2, 0.25) is 5.91 Å². The van der Waals surface area contributed by atoms with E-state index in [1.54, 1.807) is 19.2 Å². The Balaban J connectivity index is 1.90. The number of oxazole rings is 1. The van der Waals surface area contributed by atoms with E-state index in [-0.39, 0.29) is 5.91 Å². The summed E-state index contributed by atoms with van der Waals surface area (Å²) in [4.78, 5) is 15.4. The van der Waals surface area contributed by atoms with Gasteiger partial charge < -0.3 is 15.5 Å². The molecule has 0 aliphatic rings. The molecule has 2 rings (SSSR count). The van der Waals surface area contributed by atoms with Crippen LogP contribution in [0.5, 0.6) is 0 Å². The van der Waals surface area contributed by atoms with Crippen LogP contribution in [0, 0.1) is 0 Å². The van der Waals surface area contributed by atoms with E-state index in [0.29, 0.717) is 17.3 Å². The third kappa shape index (κ3) is 3.16. The minimum Gasteiger partial charge on any atom is -0.431 e. The number of fused-ring (bicyclic) bond motifs is 1. The van der Waals surface area contributed by atoms with Crippen LogP contribution in [0.25, 0.3) is 11.1 Å². The average molecular weight is 265 g/mol. The van der Waals surface area contributed by atoms with Crippen molar-refractivity contribution >= 4 is 34.5 Å². The number of anilines is 1. The van der Waals surface area contributed by atoms with Gasteiger partial charge in [-0.1, -0.05) is 11.8 Å². The minimum atomic E-state index is 0.0564. The topological polar surface area (TPSA) is 81.2 Å². The van der Waals surface area contributed by atoms with Crippen LogP contribution >= 0.6 is 11.8 Å². The van der Waals surface area contributed by atoms with Gasteiger partial charge in [-0.15, -0.1) is 0 Å². The highest BCUT2D eigenvalue weighted by Crippen LogP contribution is 2.25. The van der Waals surface area contributed by atoms with Crippen molar-refractivity contribution in [3.8, 4) is 0 Å². The number of aromatic nitrogens is 1. The van der Waals surface area contributed by atoms with Gasteiger partial charge in [0.05, 0.1) is 0 Å². The highest BCUT2D eigenvalue weighted by atomic mass is 32.2. The van der Waals surface area contributed by atoms with Crippen molar-refractivity contribution in [1.29, 1.82) is 0 Å². The molecule has 0 radical (unpaired) electrons. The zero-order valence-electron chi connectivity index (χ0n) is 10.1. The SMILES string of the molecule is CNC(=O)CCCSc1nc2cc(N)ccc2o1. The van der Waals surface area contributed by atoms with Crippen molar-refractivity contribution in [2.75, 3.05) is 18.5 Å². The molecule has 0 saturated carbocycles. The number of carbonyl (C=O) groups excluding carboxylic acids is 1. The van der Waals surface area contributed by atoms with Gasteiger partial charge in [-0.25, -0.2) is 4.98 Å². The second kappa shape index (κ2) is 5.77. The Morgan fingerprint density at radius 2 is 2.39 bits per heavy atom. The molecule has 96 valence electrons.